The van der Waals surface area contributed by atoms with E-state index < -0.39 is 97.5 Å². The molecule has 0 rings (SSSR count). The van der Waals surface area contributed by atoms with Crippen LogP contribution in [-0.4, -0.2) is 96.7 Å². The number of rotatable bonds is 71. The Bertz CT molecular complexity index is 1840. The van der Waals surface area contributed by atoms with Gasteiger partial charge in [-0.1, -0.05) is 319 Å². The SMILES string of the molecule is CCC(C)CCCCCCCCCCCCCCCCCCCCC(=O)O[C@H](COC(=O)CCCCCCCCCC(C)C)COP(=O)(O)OC[C@@H](O)COP(=O)(O)OC[C@@H](COC(=O)CCCCCCCCC(C)C)OC(=O)CCCCCCCCCCC(C)CC. The van der Waals surface area contributed by atoms with E-state index in [9.17, 15) is 43.2 Å². The molecule has 7 atom stereocenters. The second-order valence-corrected chi connectivity index (χ2v) is 31.0. The van der Waals surface area contributed by atoms with Gasteiger partial charge < -0.3 is 33.8 Å². The van der Waals surface area contributed by atoms with E-state index in [1.807, 2.05) is 0 Å². The van der Waals surface area contributed by atoms with Crippen molar-refractivity contribution in [2.24, 2.45) is 23.7 Å². The van der Waals surface area contributed by atoms with Crippen LogP contribution in [0.4, 0.5) is 0 Å². The molecule has 0 saturated heterocycles. The van der Waals surface area contributed by atoms with Crippen LogP contribution in [0.3, 0.4) is 0 Å². The van der Waals surface area contributed by atoms with Crippen LogP contribution in [0.15, 0.2) is 0 Å². The molecule has 0 aliphatic heterocycles. The van der Waals surface area contributed by atoms with Crippen LogP contribution in [0.5, 0.6) is 0 Å². The van der Waals surface area contributed by atoms with Gasteiger partial charge in [0.1, 0.15) is 19.3 Å². The van der Waals surface area contributed by atoms with Crippen molar-refractivity contribution in [3.05, 3.63) is 0 Å². The molecule has 0 bridgehead atoms. The molecule has 0 aliphatic carbocycles. The van der Waals surface area contributed by atoms with Crippen molar-refractivity contribution < 1.29 is 80.2 Å². The number of unbranched alkanes of at least 4 members (excludes halogenated alkanes) is 35. The van der Waals surface area contributed by atoms with Gasteiger partial charge in [0.25, 0.3) is 0 Å². The fourth-order valence-corrected chi connectivity index (χ4v) is 12.7. The molecule has 0 aromatic heterocycles. The molecule has 0 heterocycles. The Balaban J connectivity index is 5.15. The topological polar surface area (TPSA) is 237 Å². The van der Waals surface area contributed by atoms with E-state index in [0.29, 0.717) is 37.5 Å². The van der Waals surface area contributed by atoms with E-state index in [1.54, 1.807) is 0 Å². The molecule has 0 aromatic rings. The molecule has 4 unspecified atom stereocenters. The van der Waals surface area contributed by atoms with Gasteiger partial charge in [-0.15, -0.1) is 0 Å². The Hall–Kier alpha value is -1.94. The van der Waals surface area contributed by atoms with Gasteiger partial charge in [0, 0.05) is 25.7 Å². The Morgan fingerprint density at radius 3 is 0.763 bits per heavy atom. The summed E-state index contributed by atoms with van der Waals surface area (Å²) in [5, 5.41) is 10.6. The van der Waals surface area contributed by atoms with Gasteiger partial charge in [0.15, 0.2) is 12.2 Å². The molecule has 552 valence electrons. The third kappa shape index (κ3) is 65.8. The number of carbonyl (C=O) groups excluding carboxylic acids is 4. The summed E-state index contributed by atoms with van der Waals surface area (Å²) >= 11 is 0. The number of hydrogen-bond acceptors (Lipinski definition) is 15. The lowest BCUT2D eigenvalue weighted by molar-refractivity contribution is -0.161. The summed E-state index contributed by atoms with van der Waals surface area (Å²) in [7, 11) is -9.91. The number of carbonyl (C=O) groups is 4. The summed E-state index contributed by atoms with van der Waals surface area (Å²) in [5.74, 6) is 0.895. The van der Waals surface area contributed by atoms with Crippen molar-refractivity contribution in [1.29, 1.82) is 0 Å². The average Bonchev–Trinajstić information content (AvgIpc) is 1.90. The quantitative estimate of drug-likeness (QED) is 0.0222. The van der Waals surface area contributed by atoms with E-state index in [2.05, 4.69) is 55.4 Å². The highest BCUT2D eigenvalue weighted by atomic mass is 31.2. The summed E-state index contributed by atoms with van der Waals surface area (Å²) in [6.07, 6.45) is 47.5. The van der Waals surface area contributed by atoms with Crippen molar-refractivity contribution in [3.63, 3.8) is 0 Å². The van der Waals surface area contributed by atoms with Crippen LogP contribution in [-0.2, 0) is 65.4 Å². The van der Waals surface area contributed by atoms with Crippen molar-refractivity contribution in [3.8, 4) is 0 Å². The molecule has 19 heteroatoms. The second-order valence-electron chi connectivity index (χ2n) is 28.1. The van der Waals surface area contributed by atoms with Crippen LogP contribution < -0.4 is 0 Å². The molecule has 0 aromatic carbocycles. The molecular weight excluding hydrogens is 1220 g/mol. The lowest BCUT2D eigenvalue weighted by Crippen LogP contribution is -2.30. The second kappa shape index (κ2) is 63.5. The highest BCUT2D eigenvalue weighted by Crippen LogP contribution is 2.45. The molecular formula is C74H144O17P2. The van der Waals surface area contributed by atoms with E-state index in [0.717, 1.165) is 115 Å². The minimum Gasteiger partial charge on any atom is -0.462 e. The first-order valence-electron chi connectivity index (χ1n) is 38.3. The van der Waals surface area contributed by atoms with Gasteiger partial charge in [-0.2, -0.15) is 0 Å². The Labute approximate surface area is 568 Å². The first-order valence-corrected chi connectivity index (χ1v) is 41.3. The molecule has 17 nitrogen and oxygen atoms in total. The molecule has 0 amide bonds. The summed E-state index contributed by atoms with van der Waals surface area (Å²) in [5.41, 5.74) is 0. The molecule has 3 N–H and O–H groups in total. The van der Waals surface area contributed by atoms with Crippen molar-refractivity contribution in [2.45, 2.75) is 388 Å². The molecule has 93 heavy (non-hydrogen) atoms. The standard InChI is InChI=1S/C74H144O17P2/c1-9-66(7)52-44-36-27-21-19-17-15-13-11-12-14-16-18-20-22-29-40-48-56-73(78)90-69(60-84-71(76)54-46-38-31-25-26-34-42-50-64(3)4)62-88-92(80,81)86-58-68(75)59-87-93(82,83)89-63-70(61-85-72(77)55-47-39-33-32-35-43-51-65(5)6)91-74(79)57-49-41-30-24-23-28-37-45-53-67(8)10-2/h64-70,75H,9-63H2,1-8H3,(H,80,81)(H,82,83)/t66?,67?,68-,69-,70-/m1/s1. The normalized spacial score (nSPS) is 14.8. The van der Waals surface area contributed by atoms with E-state index in [1.165, 1.54) is 161 Å². The molecule has 0 spiro atoms. The van der Waals surface area contributed by atoms with Gasteiger partial charge in [-0.3, -0.25) is 37.3 Å². The van der Waals surface area contributed by atoms with Crippen molar-refractivity contribution in [2.75, 3.05) is 39.6 Å². The number of aliphatic hydroxyl groups excluding tert-OH is 1. The van der Waals surface area contributed by atoms with Gasteiger partial charge in [-0.05, 0) is 49.4 Å². The van der Waals surface area contributed by atoms with E-state index in [-0.39, 0.29) is 25.7 Å². The highest BCUT2D eigenvalue weighted by molar-refractivity contribution is 7.47. The van der Waals surface area contributed by atoms with Gasteiger partial charge in [0.2, 0.25) is 0 Å². The van der Waals surface area contributed by atoms with Crippen LogP contribution in [0, 0.1) is 23.7 Å². The fourth-order valence-electron chi connectivity index (χ4n) is 11.1. The predicted molar refractivity (Wildman–Crippen MR) is 377 cm³/mol. The van der Waals surface area contributed by atoms with Crippen LogP contribution in [0.1, 0.15) is 370 Å². The maximum Gasteiger partial charge on any atom is 0.472 e. The Kier molecular flexibility index (Phi) is 62.2. The Morgan fingerprint density at radius 2 is 0.516 bits per heavy atom. The van der Waals surface area contributed by atoms with Crippen LogP contribution >= 0.6 is 15.6 Å². The molecule has 0 radical (unpaired) electrons. The summed E-state index contributed by atoms with van der Waals surface area (Å²) in [6, 6.07) is 0. The van der Waals surface area contributed by atoms with Gasteiger partial charge >= 0.3 is 39.5 Å². The highest BCUT2D eigenvalue weighted by Gasteiger charge is 2.30. The number of phosphoric ester groups is 2. The number of esters is 4. The third-order valence-corrected chi connectivity index (χ3v) is 19.7. The average molecular weight is 1370 g/mol. The first kappa shape index (κ1) is 91.1. The largest absolute Gasteiger partial charge is 0.472 e. The fraction of sp³-hybridized carbons (Fsp3) is 0.946. The maximum absolute atomic E-state index is 13.0. The number of ether oxygens (including phenoxy) is 4. The van der Waals surface area contributed by atoms with E-state index in [4.69, 9.17) is 37.0 Å². The lowest BCUT2D eigenvalue weighted by atomic mass is 9.99. The number of aliphatic hydroxyl groups is 1. The van der Waals surface area contributed by atoms with Crippen LogP contribution in [0.25, 0.3) is 0 Å². The van der Waals surface area contributed by atoms with E-state index >= 15 is 0 Å². The maximum atomic E-state index is 13.0. The van der Waals surface area contributed by atoms with Crippen molar-refractivity contribution in [1.82, 2.24) is 0 Å². The monoisotopic (exact) mass is 1370 g/mol. The molecule has 0 saturated carbocycles. The Morgan fingerprint density at radius 1 is 0.301 bits per heavy atom. The summed E-state index contributed by atoms with van der Waals surface area (Å²) < 4.78 is 68.3. The zero-order chi connectivity index (χ0) is 68.9. The first-order chi connectivity index (χ1) is 44.7. The minimum absolute atomic E-state index is 0.103. The molecule has 0 aliphatic rings. The smallest absolute Gasteiger partial charge is 0.462 e. The predicted octanol–water partition coefficient (Wildman–Crippen LogP) is 21.3. The molecule has 0 fully saturated rings. The zero-order valence-corrected chi connectivity index (χ0v) is 62.7. The lowest BCUT2D eigenvalue weighted by Gasteiger charge is -2.21. The minimum atomic E-state index is -4.95. The summed E-state index contributed by atoms with van der Waals surface area (Å²) in [6.45, 7) is 14.1. The zero-order valence-electron chi connectivity index (χ0n) is 60.9. The van der Waals surface area contributed by atoms with Crippen molar-refractivity contribution >= 4 is 39.5 Å². The number of phosphoric acid groups is 2. The number of hydrogen-bond donors (Lipinski definition) is 3. The van der Waals surface area contributed by atoms with Gasteiger partial charge in [-0.25, -0.2) is 9.13 Å². The third-order valence-electron chi connectivity index (χ3n) is 17.8. The summed E-state index contributed by atoms with van der Waals surface area (Å²) in [4.78, 5) is 72.6. The van der Waals surface area contributed by atoms with Gasteiger partial charge in [0.05, 0.1) is 26.4 Å². The van der Waals surface area contributed by atoms with Crippen LogP contribution in [0.2, 0.25) is 0 Å².